The Kier molecular flexibility index (Phi) is 7.63. The van der Waals surface area contributed by atoms with Crippen LogP contribution in [0.2, 0.25) is 10.0 Å². The predicted molar refractivity (Wildman–Crippen MR) is 129 cm³/mol. The van der Waals surface area contributed by atoms with Gasteiger partial charge in [0, 0.05) is 5.02 Å². The van der Waals surface area contributed by atoms with Crippen LogP contribution >= 0.6 is 23.2 Å². The first kappa shape index (κ1) is 24.6. The van der Waals surface area contributed by atoms with Crippen molar-refractivity contribution in [2.75, 3.05) is 23.3 Å². The molecule has 3 aromatic rings. The first-order chi connectivity index (χ1) is 15.6. The number of rotatable bonds is 7. The monoisotopic (exact) mass is 506 g/mol. The smallest absolute Gasteiger partial charge is 0.337 e. The van der Waals surface area contributed by atoms with Crippen LogP contribution in [-0.4, -0.2) is 33.9 Å². The van der Waals surface area contributed by atoms with Crippen molar-refractivity contribution in [1.82, 2.24) is 0 Å². The van der Waals surface area contributed by atoms with Crippen LogP contribution in [0.1, 0.15) is 15.9 Å². The molecule has 0 aliphatic rings. The highest BCUT2D eigenvalue weighted by atomic mass is 35.5. The molecular weight excluding hydrogens is 487 g/mol. The average Bonchev–Trinajstić information content (AvgIpc) is 2.79. The summed E-state index contributed by atoms with van der Waals surface area (Å²) in [7, 11) is -2.85. The molecule has 0 aliphatic carbocycles. The molecule has 0 saturated carbocycles. The number of hydrogen-bond acceptors (Lipinski definition) is 5. The molecule has 0 saturated heterocycles. The molecule has 0 aromatic heterocycles. The van der Waals surface area contributed by atoms with Gasteiger partial charge in [-0.1, -0.05) is 40.9 Å². The zero-order valence-electron chi connectivity index (χ0n) is 17.7. The normalized spacial score (nSPS) is 11.0. The molecule has 0 radical (unpaired) electrons. The number of amides is 1. The number of sulfonamides is 1. The summed E-state index contributed by atoms with van der Waals surface area (Å²) in [4.78, 5) is 24.7. The highest BCUT2D eigenvalue weighted by molar-refractivity contribution is 7.92. The molecule has 0 aliphatic heterocycles. The van der Waals surface area contributed by atoms with Crippen LogP contribution in [0.15, 0.2) is 71.6 Å². The number of aryl methyl sites for hydroxylation is 1. The Balaban J connectivity index is 1.94. The van der Waals surface area contributed by atoms with E-state index in [0.29, 0.717) is 5.02 Å². The lowest BCUT2D eigenvalue weighted by molar-refractivity contribution is -0.114. The van der Waals surface area contributed by atoms with Crippen molar-refractivity contribution in [2.24, 2.45) is 0 Å². The summed E-state index contributed by atoms with van der Waals surface area (Å²) in [5.41, 5.74) is 1.47. The van der Waals surface area contributed by atoms with Gasteiger partial charge in [-0.05, 0) is 61.5 Å². The SMILES string of the molecule is COC(=O)c1ccc(Cl)c(NC(=O)CN(c2ccc(Cl)cc2)S(=O)(=O)c2ccc(C)cc2)c1. The number of carbonyl (C=O) groups is 2. The van der Waals surface area contributed by atoms with Gasteiger partial charge in [0.2, 0.25) is 5.91 Å². The molecule has 0 heterocycles. The summed E-state index contributed by atoms with van der Waals surface area (Å²) in [5.74, 6) is -1.27. The van der Waals surface area contributed by atoms with Crippen LogP contribution in [0, 0.1) is 6.92 Å². The van der Waals surface area contributed by atoms with E-state index >= 15 is 0 Å². The Morgan fingerprint density at radius 2 is 1.61 bits per heavy atom. The molecule has 3 aromatic carbocycles. The van der Waals surface area contributed by atoms with E-state index in [0.717, 1.165) is 9.87 Å². The van der Waals surface area contributed by atoms with E-state index < -0.39 is 28.4 Å². The van der Waals surface area contributed by atoms with E-state index in [4.69, 9.17) is 23.2 Å². The largest absolute Gasteiger partial charge is 0.465 e. The molecule has 33 heavy (non-hydrogen) atoms. The Morgan fingerprint density at radius 1 is 0.970 bits per heavy atom. The van der Waals surface area contributed by atoms with Gasteiger partial charge in [0.25, 0.3) is 10.0 Å². The maximum absolute atomic E-state index is 13.4. The lowest BCUT2D eigenvalue weighted by atomic mass is 10.2. The number of hydrogen-bond donors (Lipinski definition) is 1. The van der Waals surface area contributed by atoms with Crippen LogP contribution in [0.25, 0.3) is 0 Å². The molecule has 1 amide bonds. The third-order valence-corrected chi connectivity index (χ3v) is 7.04. The third-order valence-electron chi connectivity index (χ3n) is 4.67. The molecule has 172 valence electrons. The molecule has 7 nitrogen and oxygen atoms in total. The van der Waals surface area contributed by atoms with Crippen molar-refractivity contribution >= 4 is 56.5 Å². The Bertz CT molecular complexity index is 1280. The van der Waals surface area contributed by atoms with Crippen molar-refractivity contribution in [3.63, 3.8) is 0 Å². The van der Waals surface area contributed by atoms with Crippen LogP contribution in [0.4, 0.5) is 11.4 Å². The number of nitrogens with zero attached hydrogens (tertiary/aromatic N) is 1. The number of carbonyl (C=O) groups excluding carboxylic acids is 2. The molecule has 0 atom stereocenters. The Labute approximate surface area is 201 Å². The van der Waals surface area contributed by atoms with Gasteiger partial charge in [0.1, 0.15) is 6.54 Å². The Morgan fingerprint density at radius 3 is 2.21 bits per heavy atom. The van der Waals surface area contributed by atoms with Crippen LogP contribution in [0.3, 0.4) is 0 Å². The van der Waals surface area contributed by atoms with Crippen molar-refractivity contribution in [1.29, 1.82) is 0 Å². The minimum absolute atomic E-state index is 0.0292. The standard InChI is InChI=1S/C23H20Cl2N2O5S/c1-15-3-10-19(11-4-15)33(30,31)27(18-8-6-17(24)7-9-18)14-22(28)26-21-13-16(23(29)32-2)5-12-20(21)25/h3-13H,14H2,1-2H3,(H,26,28). The summed E-state index contributed by atoms with van der Waals surface area (Å²) in [6.45, 7) is 1.30. The van der Waals surface area contributed by atoms with Crippen molar-refractivity contribution in [2.45, 2.75) is 11.8 Å². The fourth-order valence-corrected chi connectivity index (χ4v) is 4.66. The molecule has 0 unspecified atom stereocenters. The first-order valence-corrected chi connectivity index (χ1v) is 11.8. The van der Waals surface area contributed by atoms with Gasteiger partial charge >= 0.3 is 5.97 Å². The van der Waals surface area contributed by atoms with Crippen LogP contribution < -0.4 is 9.62 Å². The van der Waals surface area contributed by atoms with Gasteiger partial charge < -0.3 is 10.1 Å². The maximum Gasteiger partial charge on any atom is 0.337 e. The molecule has 3 rings (SSSR count). The number of benzene rings is 3. The number of anilines is 2. The van der Waals surface area contributed by atoms with E-state index in [1.54, 1.807) is 12.1 Å². The lowest BCUT2D eigenvalue weighted by Gasteiger charge is -2.24. The summed E-state index contributed by atoms with van der Waals surface area (Å²) >= 11 is 12.1. The van der Waals surface area contributed by atoms with Crippen LogP contribution in [0.5, 0.6) is 0 Å². The van der Waals surface area contributed by atoms with Crippen molar-refractivity contribution in [3.05, 3.63) is 87.9 Å². The maximum atomic E-state index is 13.4. The van der Waals surface area contributed by atoms with Gasteiger partial charge in [-0.25, -0.2) is 13.2 Å². The van der Waals surface area contributed by atoms with Gasteiger partial charge in [0.15, 0.2) is 0 Å². The van der Waals surface area contributed by atoms with E-state index in [1.165, 1.54) is 61.7 Å². The zero-order valence-corrected chi connectivity index (χ0v) is 20.0. The first-order valence-electron chi connectivity index (χ1n) is 9.64. The highest BCUT2D eigenvalue weighted by Crippen LogP contribution is 2.27. The molecule has 0 bridgehead atoms. The fourth-order valence-electron chi connectivity index (χ4n) is 2.95. The highest BCUT2D eigenvalue weighted by Gasteiger charge is 2.27. The molecular formula is C23H20Cl2N2O5S. The zero-order chi connectivity index (χ0) is 24.2. The van der Waals surface area contributed by atoms with Gasteiger partial charge in [-0.3, -0.25) is 9.10 Å². The van der Waals surface area contributed by atoms with Crippen molar-refractivity contribution in [3.8, 4) is 0 Å². The minimum atomic E-state index is -4.08. The topological polar surface area (TPSA) is 92.8 Å². The molecule has 0 spiro atoms. The van der Waals surface area contributed by atoms with E-state index in [9.17, 15) is 18.0 Å². The van der Waals surface area contributed by atoms with Gasteiger partial charge in [-0.15, -0.1) is 0 Å². The van der Waals surface area contributed by atoms with E-state index in [1.807, 2.05) is 6.92 Å². The summed E-state index contributed by atoms with van der Waals surface area (Å²) in [5, 5.41) is 3.16. The summed E-state index contributed by atoms with van der Waals surface area (Å²) in [6, 6.07) is 16.6. The summed E-state index contributed by atoms with van der Waals surface area (Å²) < 4.78 is 32.4. The van der Waals surface area contributed by atoms with E-state index in [2.05, 4.69) is 10.1 Å². The second-order valence-corrected chi connectivity index (χ2v) is 9.74. The predicted octanol–water partition coefficient (Wildman–Crippen LogP) is 4.92. The van der Waals surface area contributed by atoms with Gasteiger partial charge in [0.05, 0.1) is 34.0 Å². The minimum Gasteiger partial charge on any atom is -0.465 e. The second kappa shape index (κ2) is 10.2. The Hall–Kier alpha value is -3.07. The number of nitrogens with one attached hydrogen (secondary N) is 1. The van der Waals surface area contributed by atoms with Gasteiger partial charge in [-0.2, -0.15) is 0 Å². The summed E-state index contributed by atoms with van der Waals surface area (Å²) in [6.07, 6.45) is 0. The quantitative estimate of drug-likeness (QED) is 0.459. The van der Waals surface area contributed by atoms with Crippen molar-refractivity contribution < 1.29 is 22.7 Å². The average molecular weight is 507 g/mol. The van der Waals surface area contributed by atoms with Crippen LogP contribution in [-0.2, 0) is 19.6 Å². The number of esters is 1. The molecule has 10 heteroatoms. The second-order valence-electron chi connectivity index (χ2n) is 7.04. The number of ether oxygens (including phenoxy) is 1. The van der Waals surface area contributed by atoms with E-state index in [-0.39, 0.29) is 26.9 Å². The third kappa shape index (κ3) is 5.84. The lowest BCUT2D eigenvalue weighted by Crippen LogP contribution is -2.38. The number of halogens is 2. The molecule has 0 fully saturated rings. The molecule has 1 N–H and O–H groups in total. The fraction of sp³-hybridized carbons (Fsp3) is 0.130. The number of methoxy groups -OCH3 is 1.